The number of benzene rings is 2. The molecule has 1 heterocycles. The van der Waals surface area contributed by atoms with Crippen molar-refractivity contribution in [2.45, 2.75) is 0 Å². The lowest BCUT2D eigenvalue weighted by Crippen LogP contribution is -2.06. The molecule has 1 N–H and O–H groups in total. The second-order valence-corrected chi connectivity index (χ2v) is 4.93. The average molecular weight is 323 g/mol. The van der Waals surface area contributed by atoms with Crippen molar-refractivity contribution in [3.63, 3.8) is 0 Å². The molecule has 0 amide bonds. The first-order chi connectivity index (χ1) is 11.6. The van der Waals surface area contributed by atoms with Gasteiger partial charge in [-0.3, -0.25) is 0 Å². The maximum Gasteiger partial charge on any atom is 0.363 e. The summed E-state index contributed by atoms with van der Waals surface area (Å²) >= 11 is 0. The number of carbonyl (C=O) groups is 2. The van der Waals surface area contributed by atoms with Gasteiger partial charge in [-0.2, -0.15) is 0 Å². The molecule has 0 radical (unpaired) electrons. The van der Waals surface area contributed by atoms with Crippen molar-refractivity contribution in [1.82, 2.24) is 0 Å². The Bertz CT molecular complexity index is 868. The number of aliphatic imine (C=N–C) groups is 1. The Morgan fingerprint density at radius 2 is 1.92 bits per heavy atom. The summed E-state index contributed by atoms with van der Waals surface area (Å²) in [6.07, 6.45) is 1.38. The van der Waals surface area contributed by atoms with Crippen molar-refractivity contribution < 1.29 is 24.2 Å². The molecule has 0 aromatic heterocycles. The maximum absolute atomic E-state index is 12.0. The molecule has 0 atom stereocenters. The standard InChI is InChI=1S/C18H13NO5/c1-23-14-9-5-8-12(15(14)17(20)21)10-13-18(22)24-16(19-13)11-6-3-2-4-7-11/h2-10H,1H3,(H,20,21). The molecule has 6 nitrogen and oxygen atoms in total. The molecular formula is C18H13NO5. The first-order valence-corrected chi connectivity index (χ1v) is 7.08. The fourth-order valence-corrected chi connectivity index (χ4v) is 2.33. The van der Waals surface area contributed by atoms with Crippen LogP contribution in [0.5, 0.6) is 5.75 Å². The van der Waals surface area contributed by atoms with E-state index in [1.807, 2.05) is 6.07 Å². The monoisotopic (exact) mass is 323 g/mol. The highest BCUT2D eigenvalue weighted by atomic mass is 16.6. The van der Waals surface area contributed by atoms with E-state index in [2.05, 4.69) is 4.99 Å². The summed E-state index contributed by atoms with van der Waals surface area (Å²) in [5, 5.41) is 9.39. The van der Waals surface area contributed by atoms with Crippen molar-refractivity contribution in [2.24, 2.45) is 4.99 Å². The first kappa shape index (κ1) is 15.5. The summed E-state index contributed by atoms with van der Waals surface area (Å²) < 4.78 is 10.2. The fraction of sp³-hybridized carbons (Fsp3) is 0.0556. The number of rotatable bonds is 4. The lowest BCUT2D eigenvalue weighted by atomic mass is 10.1. The Labute approximate surface area is 137 Å². The van der Waals surface area contributed by atoms with Crippen LogP contribution in [0.1, 0.15) is 21.5 Å². The Hall–Kier alpha value is -3.41. The zero-order valence-electron chi connectivity index (χ0n) is 12.7. The van der Waals surface area contributed by atoms with Crippen molar-refractivity contribution >= 4 is 23.9 Å². The van der Waals surface area contributed by atoms with E-state index in [0.29, 0.717) is 11.1 Å². The minimum atomic E-state index is -1.15. The third kappa shape index (κ3) is 2.89. The molecule has 0 aliphatic carbocycles. The fourth-order valence-electron chi connectivity index (χ4n) is 2.33. The number of carboxylic acid groups (broad SMARTS) is 1. The van der Waals surface area contributed by atoms with E-state index in [1.54, 1.807) is 36.4 Å². The summed E-state index contributed by atoms with van der Waals surface area (Å²) in [5.74, 6) is -1.40. The Morgan fingerprint density at radius 3 is 2.58 bits per heavy atom. The quantitative estimate of drug-likeness (QED) is 0.691. The number of ether oxygens (including phenoxy) is 2. The van der Waals surface area contributed by atoms with Gasteiger partial charge < -0.3 is 14.6 Å². The number of hydrogen-bond acceptors (Lipinski definition) is 5. The Morgan fingerprint density at radius 1 is 1.17 bits per heavy atom. The minimum Gasteiger partial charge on any atom is -0.496 e. The van der Waals surface area contributed by atoms with Crippen LogP contribution in [0.25, 0.3) is 6.08 Å². The zero-order chi connectivity index (χ0) is 17.1. The van der Waals surface area contributed by atoms with Crippen LogP contribution >= 0.6 is 0 Å². The molecule has 6 heteroatoms. The van der Waals surface area contributed by atoms with Gasteiger partial charge in [0.25, 0.3) is 0 Å². The topological polar surface area (TPSA) is 85.2 Å². The second-order valence-electron chi connectivity index (χ2n) is 4.93. The second kappa shape index (κ2) is 6.37. The molecular weight excluding hydrogens is 310 g/mol. The predicted octanol–water partition coefficient (Wildman–Crippen LogP) is 2.74. The van der Waals surface area contributed by atoms with Gasteiger partial charge in [-0.1, -0.05) is 30.3 Å². The van der Waals surface area contributed by atoms with Crippen LogP contribution in [0.15, 0.2) is 59.2 Å². The van der Waals surface area contributed by atoms with Crippen LogP contribution in [0.3, 0.4) is 0 Å². The third-order valence-corrected chi connectivity index (χ3v) is 3.43. The Kier molecular flexibility index (Phi) is 4.11. The number of cyclic esters (lactones) is 1. The summed E-state index contributed by atoms with van der Waals surface area (Å²) in [4.78, 5) is 27.7. The normalized spacial score (nSPS) is 15.1. The van der Waals surface area contributed by atoms with Crippen LogP contribution in [0.2, 0.25) is 0 Å². The van der Waals surface area contributed by atoms with Gasteiger partial charge in [-0.15, -0.1) is 0 Å². The number of aromatic carboxylic acids is 1. The number of carboxylic acids is 1. The highest BCUT2D eigenvalue weighted by Gasteiger charge is 2.25. The molecule has 0 spiro atoms. The molecule has 1 aliphatic heterocycles. The zero-order valence-corrected chi connectivity index (χ0v) is 12.7. The summed E-state index contributed by atoms with van der Waals surface area (Å²) in [7, 11) is 1.38. The molecule has 3 rings (SSSR count). The average Bonchev–Trinajstić information content (AvgIpc) is 2.96. The van der Waals surface area contributed by atoms with Gasteiger partial charge in [0.2, 0.25) is 5.90 Å². The summed E-state index contributed by atoms with van der Waals surface area (Å²) in [6, 6.07) is 13.7. The van der Waals surface area contributed by atoms with E-state index in [-0.39, 0.29) is 22.9 Å². The van der Waals surface area contributed by atoms with Crippen LogP contribution in [0.4, 0.5) is 0 Å². The number of esters is 1. The van der Waals surface area contributed by atoms with Gasteiger partial charge in [0.05, 0.1) is 7.11 Å². The van der Waals surface area contributed by atoms with Crippen molar-refractivity contribution in [3.05, 3.63) is 70.9 Å². The van der Waals surface area contributed by atoms with E-state index < -0.39 is 11.9 Å². The van der Waals surface area contributed by atoms with Crippen LogP contribution < -0.4 is 4.74 Å². The van der Waals surface area contributed by atoms with Crippen molar-refractivity contribution in [2.75, 3.05) is 7.11 Å². The van der Waals surface area contributed by atoms with Gasteiger partial charge in [0.15, 0.2) is 5.70 Å². The smallest absolute Gasteiger partial charge is 0.363 e. The first-order valence-electron chi connectivity index (χ1n) is 7.08. The number of hydrogen-bond donors (Lipinski definition) is 1. The SMILES string of the molecule is COc1cccc(C=C2N=C(c3ccccc3)OC2=O)c1C(=O)O. The molecule has 2 aromatic rings. The van der Waals surface area contributed by atoms with Gasteiger partial charge in [0, 0.05) is 5.56 Å². The van der Waals surface area contributed by atoms with E-state index in [9.17, 15) is 14.7 Å². The predicted molar refractivity (Wildman–Crippen MR) is 87.0 cm³/mol. The Balaban J connectivity index is 2.05. The molecule has 120 valence electrons. The maximum atomic E-state index is 12.0. The molecule has 0 unspecified atom stereocenters. The summed E-state index contributed by atoms with van der Waals surface area (Å²) in [5.41, 5.74) is 0.971. The molecule has 0 bridgehead atoms. The lowest BCUT2D eigenvalue weighted by Gasteiger charge is -2.07. The van der Waals surface area contributed by atoms with Crippen LogP contribution in [-0.2, 0) is 9.53 Å². The molecule has 0 saturated carbocycles. The highest BCUT2D eigenvalue weighted by molar-refractivity contribution is 6.13. The van der Waals surface area contributed by atoms with Crippen molar-refractivity contribution in [1.29, 1.82) is 0 Å². The van der Waals surface area contributed by atoms with E-state index >= 15 is 0 Å². The van der Waals surface area contributed by atoms with Gasteiger partial charge in [-0.25, -0.2) is 14.6 Å². The molecule has 2 aromatic carbocycles. The number of methoxy groups -OCH3 is 1. The van der Waals surface area contributed by atoms with E-state index in [1.165, 1.54) is 19.3 Å². The van der Waals surface area contributed by atoms with Crippen molar-refractivity contribution in [3.8, 4) is 5.75 Å². The molecule has 0 fully saturated rings. The molecule has 0 saturated heterocycles. The van der Waals surface area contributed by atoms with Gasteiger partial charge in [0.1, 0.15) is 11.3 Å². The lowest BCUT2D eigenvalue weighted by molar-refractivity contribution is -0.129. The van der Waals surface area contributed by atoms with Gasteiger partial charge >= 0.3 is 11.9 Å². The van der Waals surface area contributed by atoms with Gasteiger partial charge in [-0.05, 0) is 29.8 Å². The number of nitrogens with zero attached hydrogens (tertiary/aromatic N) is 1. The third-order valence-electron chi connectivity index (χ3n) is 3.43. The van der Waals surface area contributed by atoms with E-state index in [0.717, 1.165) is 0 Å². The molecule has 1 aliphatic rings. The van der Waals surface area contributed by atoms with Crippen LogP contribution in [0, 0.1) is 0 Å². The largest absolute Gasteiger partial charge is 0.496 e. The van der Waals surface area contributed by atoms with E-state index in [4.69, 9.17) is 9.47 Å². The number of carbonyl (C=O) groups excluding carboxylic acids is 1. The highest BCUT2D eigenvalue weighted by Crippen LogP contribution is 2.26. The summed E-state index contributed by atoms with van der Waals surface area (Å²) in [6.45, 7) is 0. The minimum absolute atomic E-state index is 0.0320. The van der Waals surface area contributed by atoms with Crippen LogP contribution in [-0.4, -0.2) is 30.1 Å². The molecule has 24 heavy (non-hydrogen) atoms.